The van der Waals surface area contributed by atoms with Crippen LogP contribution in [0.25, 0.3) is 0 Å². The summed E-state index contributed by atoms with van der Waals surface area (Å²) in [5.74, 6) is -8.72. The average molecular weight is 1210 g/mol. The second-order valence-corrected chi connectivity index (χ2v) is 26.4. The number of rotatable bonds is 8. The monoisotopic (exact) mass is 1210 g/mol. The van der Waals surface area contributed by atoms with E-state index in [0.717, 1.165) is 19.6 Å². The molecule has 23 nitrogen and oxygen atoms in total. The lowest BCUT2D eigenvalue weighted by Crippen LogP contribution is -2.71. The number of thioether (sulfide) groups is 1. The van der Waals surface area contributed by atoms with Gasteiger partial charge in [-0.25, -0.2) is 4.79 Å². The molecule has 1 spiro atoms. The molecule has 6 aliphatic heterocycles. The molecule has 0 unspecified atom stereocenters. The molecule has 13 atom stereocenters. The zero-order valence-corrected chi connectivity index (χ0v) is 51.6. The summed E-state index contributed by atoms with van der Waals surface area (Å²) >= 11 is 1.35. The number of carboxylic acids is 1. The number of nitrogens with two attached hydrogens (primary N) is 1. The van der Waals surface area contributed by atoms with Gasteiger partial charge in [-0.05, 0) is 57.4 Å². The number of aliphatic imine (C=N–C) groups is 1. The molecule has 2 aromatic carbocycles. The second-order valence-electron chi connectivity index (χ2n) is 24.7. The highest BCUT2D eigenvalue weighted by molar-refractivity contribution is 8.01. The van der Waals surface area contributed by atoms with Crippen molar-refractivity contribution in [1.29, 1.82) is 0 Å². The lowest BCUT2D eigenvalue weighted by molar-refractivity contribution is -0.161. The molecule has 0 radical (unpaired) electrons. The number of β-lactam (4-membered cyclic amide) rings is 1. The Labute approximate surface area is 504 Å². The van der Waals surface area contributed by atoms with Crippen LogP contribution in [0.15, 0.2) is 76.8 Å². The molecule has 466 valence electrons. The average Bonchev–Trinajstić information content (AvgIpc) is 1.52. The molecule has 5 bridgehead atoms. The van der Waals surface area contributed by atoms with Gasteiger partial charge in [-0.3, -0.25) is 33.8 Å². The third-order valence-electron chi connectivity index (χ3n) is 17.5. The van der Waals surface area contributed by atoms with Gasteiger partial charge in [0.1, 0.15) is 58.2 Å². The number of benzene rings is 2. The van der Waals surface area contributed by atoms with E-state index in [9.17, 15) is 59.1 Å². The molecular weight excluding hydrogens is 1130 g/mol. The molecule has 2 aromatic rings. The van der Waals surface area contributed by atoms with Crippen molar-refractivity contribution in [1.82, 2.24) is 25.8 Å². The molecule has 0 saturated carbocycles. The summed E-state index contributed by atoms with van der Waals surface area (Å²) in [4.78, 5) is 101. The number of aliphatic hydroxyl groups excluding tert-OH is 2. The van der Waals surface area contributed by atoms with E-state index in [0.29, 0.717) is 24.3 Å². The van der Waals surface area contributed by atoms with Crippen molar-refractivity contribution in [3.8, 4) is 17.2 Å². The summed E-state index contributed by atoms with van der Waals surface area (Å²) in [6, 6.07) is 3.21. The summed E-state index contributed by atoms with van der Waals surface area (Å²) in [5, 5.41) is 61.9. The molecule has 7 aliphatic rings. The number of nitrogens with one attached hydrogen (secondary N) is 3. The fourth-order valence-electron chi connectivity index (χ4n) is 12.5. The van der Waals surface area contributed by atoms with Gasteiger partial charge in [0, 0.05) is 98.6 Å². The van der Waals surface area contributed by atoms with Crippen LogP contribution in [0.4, 0.5) is 0 Å². The number of nitrogens with zero attached hydrogens (tertiary/aromatic N) is 3. The second kappa shape index (κ2) is 24.9. The van der Waals surface area contributed by atoms with E-state index in [1.807, 2.05) is 0 Å². The highest BCUT2D eigenvalue weighted by atomic mass is 32.2. The van der Waals surface area contributed by atoms with Crippen LogP contribution in [0.2, 0.25) is 0 Å². The lowest BCUT2D eigenvalue weighted by Gasteiger charge is -2.43. The first-order chi connectivity index (χ1) is 40.3. The Morgan fingerprint density at radius 3 is 2.17 bits per heavy atom. The number of amides is 3. The summed E-state index contributed by atoms with van der Waals surface area (Å²) in [7, 11) is 1.46. The Morgan fingerprint density at radius 1 is 0.919 bits per heavy atom. The van der Waals surface area contributed by atoms with Crippen LogP contribution in [0.3, 0.4) is 0 Å². The molecule has 86 heavy (non-hydrogen) atoms. The van der Waals surface area contributed by atoms with Crippen LogP contribution in [0, 0.1) is 36.5 Å². The van der Waals surface area contributed by atoms with E-state index in [1.54, 1.807) is 72.8 Å². The highest BCUT2D eigenvalue weighted by Gasteiger charge is 2.64. The van der Waals surface area contributed by atoms with Gasteiger partial charge in [-0.15, -0.1) is 11.8 Å². The molecule has 3 fully saturated rings. The summed E-state index contributed by atoms with van der Waals surface area (Å²) in [6.07, 6.45) is 5.06. The van der Waals surface area contributed by atoms with Gasteiger partial charge < -0.3 is 76.0 Å². The number of ketones is 2. The van der Waals surface area contributed by atoms with Crippen molar-refractivity contribution in [2.75, 3.05) is 26.7 Å². The Kier molecular flexibility index (Phi) is 18.8. The number of aliphatic carboxylic acids is 1. The number of carbonyl (C=O) groups excluding carboxylic acids is 6. The Hall–Kier alpha value is -7.09. The van der Waals surface area contributed by atoms with Crippen LogP contribution < -0.4 is 26.4 Å². The first-order valence-electron chi connectivity index (χ1n) is 29.0. The van der Waals surface area contributed by atoms with Crippen molar-refractivity contribution >= 4 is 58.7 Å². The van der Waals surface area contributed by atoms with Crippen molar-refractivity contribution in [3.05, 3.63) is 99.6 Å². The number of phenols is 2. The van der Waals surface area contributed by atoms with Gasteiger partial charge >= 0.3 is 17.7 Å². The number of fused-ring (bicyclic) bond motifs is 4. The number of hydrogen-bond donors (Lipinski definition) is 9. The number of aromatic hydroxyl groups is 2. The van der Waals surface area contributed by atoms with Gasteiger partial charge in [0.25, 0.3) is 11.7 Å². The first kappa shape index (κ1) is 64.9. The van der Waals surface area contributed by atoms with Crippen LogP contribution in [-0.4, -0.2) is 167 Å². The van der Waals surface area contributed by atoms with E-state index in [-0.39, 0.29) is 56.4 Å². The lowest BCUT2D eigenvalue weighted by atomic mass is 9.78. The van der Waals surface area contributed by atoms with Crippen LogP contribution in [0.5, 0.6) is 17.2 Å². The minimum Gasteiger partial charge on any atom is -0.508 e. The van der Waals surface area contributed by atoms with Crippen LogP contribution >= 0.6 is 11.8 Å². The quantitative estimate of drug-likeness (QED) is 0.128. The molecule has 24 heteroatoms. The number of methoxy groups -OCH3 is 1. The van der Waals surface area contributed by atoms with E-state index >= 15 is 0 Å². The molecule has 6 heterocycles. The van der Waals surface area contributed by atoms with Gasteiger partial charge in [-0.1, -0.05) is 71.9 Å². The fourth-order valence-corrected chi connectivity index (χ4v) is 14.1. The molecule has 3 saturated heterocycles. The highest BCUT2D eigenvalue weighted by Crippen LogP contribution is 2.52. The van der Waals surface area contributed by atoms with Crippen LogP contribution in [-0.2, 0) is 38.2 Å². The fraction of sp³-hybridized carbons (Fsp3) is 0.548. The van der Waals surface area contributed by atoms with E-state index < -0.39 is 135 Å². The van der Waals surface area contributed by atoms with Gasteiger partial charge in [0.15, 0.2) is 0 Å². The number of Topliss-reactive ketones (excluding diaryl/α,β-unsaturated/α-hetero) is 2. The number of aliphatic hydroxyl groups is 2. The predicted molar refractivity (Wildman–Crippen MR) is 317 cm³/mol. The third kappa shape index (κ3) is 12.3. The zero-order valence-electron chi connectivity index (χ0n) is 50.8. The number of esters is 1. The number of carboxylic acid groups (broad SMARTS) is 1. The third-order valence-corrected chi connectivity index (χ3v) is 19.0. The molecule has 3 amide bonds. The van der Waals surface area contributed by atoms with Gasteiger partial charge in [-0.2, -0.15) is 0 Å². The maximum Gasteiger partial charge on any atom is 0.327 e. The molecule has 0 aromatic heterocycles. The SMILES string of the molecule is CC1(C)S[C@@H]2[C@H](NC(=O)[C@H](N)c3ccc(O)cc3)C(=O)N2[C@H]1C(=O)O.CO[C@H]1/C=C/O[C@@]2(C)Oc3c(C)c(O)c4c(c3C2=O)C2=NC3(CCN(CC(C)C)CC3)NC2=C(NC(=O)/C(C)=C\C=C\[C@H](C)[C@H](O)[C@@H](C)[C@@H](O)[C@@H](C)[C@H](OC(C)=O)[C@@H]1C)C4=O. The normalized spacial score (nSPS) is 32.2. The number of ether oxygens (including phenoxy) is 4. The van der Waals surface area contributed by atoms with Crippen molar-refractivity contribution in [3.63, 3.8) is 0 Å². The smallest absolute Gasteiger partial charge is 0.327 e. The number of piperidine rings is 1. The molecule has 1 aliphatic carbocycles. The topological polar surface area (TPSA) is 339 Å². The Bertz CT molecular complexity index is 3220. The maximum absolute atomic E-state index is 14.7. The Morgan fingerprint density at radius 2 is 1.57 bits per heavy atom. The van der Waals surface area contributed by atoms with Gasteiger partial charge in [0.05, 0.1) is 47.1 Å². The summed E-state index contributed by atoms with van der Waals surface area (Å²) < 4.78 is 23.3. The number of phenolic OH excluding ortho intramolecular Hbond substituents is 2. The van der Waals surface area contributed by atoms with Crippen molar-refractivity contribution in [2.45, 2.75) is 160 Å². The van der Waals surface area contributed by atoms with E-state index in [4.69, 9.17) is 29.7 Å². The summed E-state index contributed by atoms with van der Waals surface area (Å²) in [6.45, 7) is 23.0. The standard InChI is InChI=1S/C46H62N4O11.C16H19N3O5S/c1-22(2)21-50-18-16-46(17-19-50)48-34-31-32-39(54)28(8)42-33(31)43(56)45(10,61-42)59-20-15-30(58-11)25(5)41(60-29(9)51)27(7)38(53)26(6)37(52)23(3)13-12-14-24(4)44(57)47-36(40(32)55)35(34)49-46;1-16(2)11(15(23)24)19-13(22)10(14(19)25-16)18-12(21)9(17)7-3-5-8(20)6-4-7/h12-15,20,22-23,25-27,30,37-38,41,49,52-54H,16-19,21H2,1-11H3,(H,47,57);3-6,9-11,14,20H,17H2,1-2H3,(H,18,21)(H,23,24)/b13-12+,20-15+,24-14-;/t23-,25+,26+,27+,30-,37-,38+,41+,45-;9-,10-,11+,14-/m01/s1. The molecular formula is C62H81N7O16S. The van der Waals surface area contributed by atoms with Gasteiger partial charge in [0.2, 0.25) is 17.6 Å². The van der Waals surface area contributed by atoms with Crippen molar-refractivity contribution < 1.29 is 78.0 Å². The van der Waals surface area contributed by atoms with Crippen LogP contribution in [0.1, 0.15) is 132 Å². The number of allylic oxidation sites excluding steroid dienone is 4. The largest absolute Gasteiger partial charge is 0.508 e. The predicted octanol–water partition coefficient (Wildman–Crippen LogP) is 4.64. The zero-order chi connectivity index (χ0) is 63.4. The minimum absolute atomic E-state index is 0.0164. The number of carbonyl (C=O) groups is 7. The molecule has 10 N–H and O–H groups in total. The maximum atomic E-state index is 14.7. The number of likely N-dealkylation sites (tertiary alicyclic amines) is 1. The number of hydrogen-bond acceptors (Lipinski definition) is 20. The van der Waals surface area contributed by atoms with E-state index in [1.165, 1.54) is 75.1 Å². The molecule has 9 rings (SSSR count). The minimum atomic E-state index is -1.97. The van der Waals surface area contributed by atoms with E-state index in [2.05, 4.69) is 34.7 Å². The van der Waals surface area contributed by atoms with Crippen molar-refractivity contribution in [2.24, 2.45) is 40.3 Å². The Balaban J connectivity index is 0.000000319. The first-order valence-corrected chi connectivity index (χ1v) is 29.8. The summed E-state index contributed by atoms with van der Waals surface area (Å²) in [5.41, 5.74) is 6.22.